The molecule has 1 amide bonds. The predicted octanol–water partition coefficient (Wildman–Crippen LogP) is 1.99. The molecule has 0 saturated heterocycles. The fourth-order valence-corrected chi connectivity index (χ4v) is 1.97. The van der Waals surface area contributed by atoms with Gasteiger partial charge < -0.3 is 25.8 Å². The summed E-state index contributed by atoms with van der Waals surface area (Å²) in [5.41, 5.74) is 0.569. The molecule has 0 spiro atoms. The Hall–Kier alpha value is -1.71. The number of phenols is 1. The van der Waals surface area contributed by atoms with Gasteiger partial charge in [0.25, 0.3) is 0 Å². The molecule has 1 aromatic rings. The summed E-state index contributed by atoms with van der Waals surface area (Å²) in [5, 5.41) is 18.7. The van der Waals surface area contributed by atoms with Gasteiger partial charge in [-0.3, -0.25) is 4.79 Å². The Kier molecular flexibility index (Phi) is 10.3. The van der Waals surface area contributed by atoms with E-state index < -0.39 is 0 Å². The minimum absolute atomic E-state index is 0. The average Bonchev–Trinajstić information content (AvgIpc) is 2.48. The Balaban J connectivity index is 0.00000576. The number of halogens is 1. The maximum absolute atomic E-state index is 11.9. The van der Waals surface area contributed by atoms with Crippen LogP contribution in [0.15, 0.2) is 23.2 Å². The summed E-state index contributed by atoms with van der Waals surface area (Å²) in [6.45, 7) is 8.93. The summed E-state index contributed by atoms with van der Waals surface area (Å²) in [4.78, 5) is 16.3. The number of aromatic hydroxyl groups is 1. The molecule has 0 aromatic heterocycles. The number of ether oxygens (including phenoxy) is 1. The van der Waals surface area contributed by atoms with E-state index in [0.717, 1.165) is 5.56 Å². The number of phenolic OH excluding ortho intramolecular Hbond substituents is 1. The molecule has 0 unspecified atom stereocenters. The zero-order valence-electron chi connectivity index (χ0n) is 15.5. The van der Waals surface area contributed by atoms with E-state index in [-0.39, 0.29) is 47.7 Å². The first-order valence-electron chi connectivity index (χ1n) is 7.94. The third kappa shape index (κ3) is 9.37. The molecule has 25 heavy (non-hydrogen) atoms. The second kappa shape index (κ2) is 11.0. The number of aliphatic imine (C=N–C) groups is 1. The van der Waals surface area contributed by atoms with E-state index in [1.165, 1.54) is 7.11 Å². The van der Waals surface area contributed by atoms with Gasteiger partial charge in [-0.05, 0) is 45.4 Å². The van der Waals surface area contributed by atoms with Gasteiger partial charge in [0.1, 0.15) is 0 Å². The summed E-state index contributed by atoms with van der Waals surface area (Å²) >= 11 is 0. The number of hydrogen-bond donors (Lipinski definition) is 4. The maximum atomic E-state index is 11.9. The second-order valence-electron chi connectivity index (χ2n) is 6.35. The normalized spacial score (nSPS) is 11.3. The summed E-state index contributed by atoms with van der Waals surface area (Å²) < 4.78 is 5.01. The Labute approximate surface area is 166 Å². The predicted molar refractivity (Wildman–Crippen MR) is 111 cm³/mol. The topological polar surface area (TPSA) is 95.0 Å². The van der Waals surface area contributed by atoms with Crippen LogP contribution in [0.4, 0.5) is 0 Å². The number of carbonyl (C=O) groups excluding carboxylic acids is 1. The van der Waals surface area contributed by atoms with Crippen molar-refractivity contribution in [3.8, 4) is 11.5 Å². The van der Waals surface area contributed by atoms with Crippen LogP contribution < -0.4 is 20.7 Å². The Morgan fingerprint density at radius 2 is 1.96 bits per heavy atom. The van der Waals surface area contributed by atoms with E-state index in [1.54, 1.807) is 12.1 Å². The molecule has 1 aromatic carbocycles. The number of rotatable bonds is 6. The number of nitrogens with zero attached hydrogens (tertiary/aromatic N) is 1. The van der Waals surface area contributed by atoms with E-state index in [4.69, 9.17) is 4.74 Å². The zero-order chi connectivity index (χ0) is 18.2. The van der Waals surface area contributed by atoms with E-state index in [2.05, 4.69) is 20.9 Å². The van der Waals surface area contributed by atoms with Gasteiger partial charge in [0.2, 0.25) is 5.91 Å². The van der Waals surface area contributed by atoms with Crippen molar-refractivity contribution in [1.82, 2.24) is 16.0 Å². The van der Waals surface area contributed by atoms with E-state index in [9.17, 15) is 9.90 Å². The van der Waals surface area contributed by atoms with Crippen molar-refractivity contribution in [3.05, 3.63) is 23.8 Å². The van der Waals surface area contributed by atoms with E-state index >= 15 is 0 Å². The lowest BCUT2D eigenvalue weighted by Gasteiger charge is -2.21. The molecular formula is C17H29IN4O3. The van der Waals surface area contributed by atoms with Crippen LogP contribution >= 0.6 is 24.0 Å². The molecular weight excluding hydrogens is 435 g/mol. The van der Waals surface area contributed by atoms with Crippen molar-refractivity contribution < 1.29 is 14.6 Å². The fourth-order valence-electron chi connectivity index (χ4n) is 1.97. The number of methoxy groups -OCH3 is 1. The molecule has 0 saturated carbocycles. The molecule has 0 aliphatic rings. The van der Waals surface area contributed by atoms with Crippen LogP contribution in [0.3, 0.4) is 0 Å². The van der Waals surface area contributed by atoms with Gasteiger partial charge in [0, 0.05) is 12.1 Å². The molecule has 0 aliphatic heterocycles. The molecule has 0 fully saturated rings. The first-order valence-corrected chi connectivity index (χ1v) is 7.94. The SMILES string of the molecule is CCNC(=NCc1ccc(OC)c(O)c1)NCC(=O)NC(C)(C)C.I. The van der Waals surface area contributed by atoms with Gasteiger partial charge in [-0.25, -0.2) is 4.99 Å². The number of guanidine groups is 1. The van der Waals surface area contributed by atoms with Crippen LogP contribution in [-0.2, 0) is 11.3 Å². The first-order chi connectivity index (χ1) is 11.2. The van der Waals surface area contributed by atoms with Crippen molar-refractivity contribution >= 4 is 35.8 Å². The average molecular weight is 464 g/mol. The standard InChI is InChI=1S/C17H28N4O3.HI/c1-6-18-16(20-11-15(23)21-17(2,3)4)19-10-12-7-8-14(24-5)13(22)9-12;/h7-9,22H,6,10-11H2,1-5H3,(H,21,23)(H2,18,19,20);1H. The quantitative estimate of drug-likeness (QED) is 0.294. The van der Waals surface area contributed by atoms with Crippen molar-refractivity contribution in [2.45, 2.75) is 39.8 Å². The molecule has 0 atom stereocenters. The Morgan fingerprint density at radius 3 is 2.48 bits per heavy atom. The third-order valence-corrected chi connectivity index (χ3v) is 2.94. The monoisotopic (exact) mass is 464 g/mol. The van der Waals surface area contributed by atoms with Gasteiger partial charge in [-0.2, -0.15) is 0 Å². The number of hydrogen-bond acceptors (Lipinski definition) is 4. The first kappa shape index (κ1) is 23.3. The van der Waals surface area contributed by atoms with Gasteiger partial charge in [0.05, 0.1) is 20.2 Å². The Bertz CT molecular complexity index is 586. The number of nitrogens with one attached hydrogen (secondary N) is 3. The highest BCUT2D eigenvalue weighted by molar-refractivity contribution is 14.0. The molecule has 4 N–H and O–H groups in total. The summed E-state index contributed by atoms with van der Waals surface area (Å²) in [5.74, 6) is 0.936. The highest BCUT2D eigenvalue weighted by Gasteiger charge is 2.13. The zero-order valence-corrected chi connectivity index (χ0v) is 17.8. The lowest BCUT2D eigenvalue weighted by molar-refractivity contribution is -0.121. The molecule has 1 rings (SSSR count). The highest BCUT2D eigenvalue weighted by Crippen LogP contribution is 2.26. The van der Waals surface area contributed by atoms with E-state index in [0.29, 0.717) is 24.8 Å². The minimum Gasteiger partial charge on any atom is -0.504 e. The fraction of sp³-hybridized carbons (Fsp3) is 0.529. The van der Waals surface area contributed by atoms with Crippen LogP contribution in [0.1, 0.15) is 33.3 Å². The van der Waals surface area contributed by atoms with Crippen molar-refractivity contribution in [1.29, 1.82) is 0 Å². The van der Waals surface area contributed by atoms with Gasteiger partial charge >= 0.3 is 0 Å². The highest BCUT2D eigenvalue weighted by atomic mass is 127. The summed E-state index contributed by atoms with van der Waals surface area (Å²) in [6.07, 6.45) is 0. The van der Waals surface area contributed by atoms with Crippen LogP contribution in [0.5, 0.6) is 11.5 Å². The summed E-state index contributed by atoms with van der Waals surface area (Å²) in [7, 11) is 1.50. The minimum atomic E-state index is -0.269. The lowest BCUT2D eigenvalue weighted by Crippen LogP contribution is -2.48. The maximum Gasteiger partial charge on any atom is 0.239 e. The number of benzene rings is 1. The molecule has 0 bridgehead atoms. The van der Waals surface area contributed by atoms with Crippen LogP contribution in [0.2, 0.25) is 0 Å². The smallest absolute Gasteiger partial charge is 0.239 e. The molecule has 0 heterocycles. The van der Waals surface area contributed by atoms with Gasteiger partial charge in [0.15, 0.2) is 17.5 Å². The number of carbonyl (C=O) groups is 1. The Morgan fingerprint density at radius 1 is 1.28 bits per heavy atom. The van der Waals surface area contributed by atoms with Crippen LogP contribution in [0.25, 0.3) is 0 Å². The van der Waals surface area contributed by atoms with Crippen LogP contribution in [-0.4, -0.2) is 42.7 Å². The van der Waals surface area contributed by atoms with Gasteiger partial charge in [-0.1, -0.05) is 6.07 Å². The third-order valence-electron chi connectivity index (χ3n) is 2.94. The number of amides is 1. The van der Waals surface area contributed by atoms with E-state index in [1.807, 2.05) is 33.8 Å². The van der Waals surface area contributed by atoms with Crippen molar-refractivity contribution in [2.24, 2.45) is 4.99 Å². The molecule has 0 radical (unpaired) electrons. The van der Waals surface area contributed by atoms with Crippen molar-refractivity contribution in [3.63, 3.8) is 0 Å². The molecule has 7 nitrogen and oxygen atoms in total. The second-order valence-corrected chi connectivity index (χ2v) is 6.35. The summed E-state index contributed by atoms with van der Waals surface area (Å²) in [6, 6.07) is 5.13. The lowest BCUT2D eigenvalue weighted by atomic mass is 10.1. The molecule has 8 heteroatoms. The van der Waals surface area contributed by atoms with Crippen molar-refractivity contribution in [2.75, 3.05) is 20.2 Å². The molecule has 142 valence electrons. The van der Waals surface area contributed by atoms with Crippen LogP contribution in [0, 0.1) is 0 Å². The largest absolute Gasteiger partial charge is 0.504 e. The van der Waals surface area contributed by atoms with Gasteiger partial charge in [-0.15, -0.1) is 24.0 Å². The molecule has 0 aliphatic carbocycles.